The first-order chi connectivity index (χ1) is 18.3. The lowest BCUT2D eigenvalue weighted by molar-refractivity contribution is 0.237. The predicted molar refractivity (Wildman–Crippen MR) is 147 cm³/mol. The highest BCUT2D eigenvalue weighted by molar-refractivity contribution is 7.08. The van der Waals surface area contributed by atoms with Gasteiger partial charge in [-0.2, -0.15) is 16.4 Å². The number of fused-ring (bicyclic) bond motifs is 2. The van der Waals surface area contributed by atoms with Gasteiger partial charge in [0, 0.05) is 35.5 Å². The monoisotopic (exact) mass is 507 g/mol. The molecule has 0 unspecified atom stereocenters. The molecular formula is C28H25N7OS. The zero-order valence-corrected chi connectivity index (χ0v) is 21.0. The number of H-pyrrole nitrogens is 2. The van der Waals surface area contributed by atoms with E-state index in [1.54, 1.807) is 17.5 Å². The summed E-state index contributed by atoms with van der Waals surface area (Å²) < 4.78 is 6.01. The van der Waals surface area contributed by atoms with Gasteiger partial charge in [0.15, 0.2) is 0 Å². The number of ether oxygens (including phenoxy) is 1. The van der Waals surface area contributed by atoms with Crippen LogP contribution in [0.2, 0.25) is 0 Å². The normalized spacial score (nSPS) is 14.2. The maximum atomic E-state index is 6.01. The number of aromatic amines is 2. The van der Waals surface area contributed by atoms with Gasteiger partial charge in [0.1, 0.15) is 23.6 Å². The largest absolute Gasteiger partial charge is 0.491 e. The number of hydrogen-bond donors (Lipinski definition) is 2. The maximum absolute atomic E-state index is 6.01. The van der Waals surface area contributed by atoms with Crippen LogP contribution < -0.4 is 4.74 Å². The lowest BCUT2D eigenvalue weighted by Crippen LogP contribution is -2.25. The molecule has 0 radical (unpaired) electrons. The van der Waals surface area contributed by atoms with Crippen molar-refractivity contribution in [2.45, 2.75) is 12.8 Å². The molecule has 1 aliphatic heterocycles. The highest BCUT2D eigenvalue weighted by Crippen LogP contribution is 2.34. The van der Waals surface area contributed by atoms with Crippen molar-refractivity contribution in [1.82, 2.24) is 35.0 Å². The van der Waals surface area contributed by atoms with E-state index in [2.05, 4.69) is 52.9 Å². The number of hydrogen-bond acceptors (Lipinski definition) is 7. The summed E-state index contributed by atoms with van der Waals surface area (Å²) in [5, 5.41) is 13.1. The Labute approximate surface area is 217 Å². The number of aromatic nitrogens is 6. The average Bonchev–Trinajstić information content (AvgIpc) is 3.74. The number of nitrogens with one attached hydrogen (secondary N) is 2. The molecule has 7 heterocycles. The van der Waals surface area contributed by atoms with Gasteiger partial charge in [-0.15, -0.1) is 0 Å². The summed E-state index contributed by atoms with van der Waals surface area (Å²) in [5.74, 6) is 0.759. The summed E-state index contributed by atoms with van der Waals surface area (Å²) in [7, 11) is 0. The molecule has 0 bridgehead atoms. The number of likely N-dealkylation sites (tertiary alicyclic amines) is 1. The van der Waals surface area contributed by atoms with E-state index in [1.807, 2.05) is 36.8 Å². The molecule has 0 amide bonds. The molecule has 6 aromatic heterocycles. The van der Waals surface area contributed by atoms with E-state index in [9.17, 15) is 0 Å². The van der Waals surface area contributed by atoms with Crippen LogP contribution in [0, 0.1) is 0 Å². The van der Waals surface area contributed by atoms with Crippen molar-refractivity contribution in [3.05, 3.63) is 65.9 Å². The molecule has 0 aliphatic carbocycles. The van der Waals surface area contributed by atoms with Crippen molar-refractivity contribution < 1.29 is 4.74 Å². The molecule has 1 saturated heterocycles. The Hall–Kier alpha value is -4.08. The zero-order valence-electron chi connectivity index (χ0n) is 20.1. The fraction of sp³-hybridized carbons (Fsp3) is 0.214. The molecule has 7 rings (SSSR count). The first-order valence-corrected chi connectivity index (χ1v) is 13.4. The van der Waals surface area contributed by atoms with Crippen LogP contribution in [0.15, 0.2) is 65.9 Å². The summed E-state index contributed by atoms with van der Waals surface area (Å²) in [6, 6.07) is 10.2. The molecular weight excluding hydrogens is 482 g/mol. The second-order valence-electron chi connectivity index (χ2n) is 9.31. The van der Waals surface area contributed by atoms with Crippen LogP contribution in [0.5, 0.6) is 5.75 Å². The molecule has 184 valence electrons. The SMILES string of the molecule is c1cc(-c2cncc3[nH]c(-c4n[nH]c5ccc(-c6cncc(OCCN7CCCC7)c6)nc45)cc23)cs1. The van der Waals surface area contributed by atoms with Gasteiger partial charge in [-0.1, -0.05) is 0 Å². The van der Waals surface area contributed by atoms with Gasteiger partial charge in [-0.3, -0.25) is 20.0 Å². The smallest absolute Gasteiger partial charge is 0.138 e. The molecule has 1 aliphatic rings. The van der Waals surface area contributed by atoms with Crippen molar-refractivity contribution in [3.63, 3.8) is 0 Å². The highest BCUT2D eigenvalue weighted by Gasteiger charge is 2.16. The van der Waals surface area contributed by atoms with E-state index in [0.29, 0.717) is 6.61 Å². The van der Waals surface area contributed by atoms with Crippen molar-refractivity contribution in [2.75, 3.05) is 26.2 Å². The molecule has 0 spiro atoms. The average molecular weight is 508 g/mol. The van der Waals surface area contributed by atoms with E-state index < -0.39 is 0 Å². The van der Waals surface area contributed by atoms with Crippen LogP contribution in [0.25, 0.3) is 55.7 Å². The van der Waals surface area contributed by atoms with Crippen LogP contribution in [0.1, 0.15) is 12.8 Å². The van der Waals surface area contributed by atoms with Gasteiger partial charge in [0.2, 0.25) is 0 Å². The lowest BCUT2D eigenvalue weighted by Gasteiger charge is -2.15. The van der Waals surface area contributed by atoms with E-state index in [1.165, 1.54) is 25.9 Å². The Morgan fingerprint density at radius 3 is 2.76 bits per heavy atom. The fourth-order valence-electron chi connectivity index (χ4n) is 5.01. The van der Waals surface area contributed by atoms with E-state index in [-0.39, 0.29) is 0 Å². The molecule has 6 aromatic rings. The summed E-state index contributed by atoms with van der Waals surface area (Å²) in [6.07, 6.45) is 9.91. The third-order valence-corrected chi connectivity index (χ3v) is 7.61. The van der Waals surface area contributed by atoms with Gasteiger partial charge in [0.25, 0.3) is 0 Å². The second-order valence-corrected chi connectivity index (χ2v) is 10.1. The van der Waals surface area contributed by atoms with E-state index >= 15 is 0 Å². The number of pyridine rings is 3. The third-order valence-electron chi connectivity index (χ3n) is 6.92. The van der Waals surface area contributed by atoms with Crippen LogP contribution in [-0.2, 0) is 0 Å². The van der Waals surface area contributed by atoms with E-state index in [0.717, 1.165) is 68.0 Å². The van der Waals surface area contributed by atoms with Crippen LogP contribution in [0.3, 0.4) is 0 Å². The highest BCUT2D eigenvalue weighted by atomic mass is 32.1. The van der Waals surface area contributed by atoms with Gasteiger partial charge < -0.3 is 9.72 Å². The minimum Gasteiger partial charge on any atom is -0.491 e. The molecule has 0 saturated carbocycles. The Bertz CT molecular complexity index is 1680. The topological polar surface area (TPSA) is 95.6 Å². The first kappa shape index (κ1) is 22.1. The predicted octanol–water partition coefficient (Wildman–Crippen LogP) is 5.77. The summed E-state index contributed by atoms with van der Waals surface area (Å²) in [4.78, 5) is 19.8. The Morgan fingerprint density at radius 2 is 1.86 bits per heavy atom. The molecule has 1 fully saturated rings. The van der Waals surface area contributed by atoms with Crippen molar-refractivity contribution in [1.29, 1.82) is 0 Å². The summed E-state index contributed by atoms with van der Waals surface area (Å²) in [6.45, 7) is 3.94. The van der Waals surface area contributed by atoms with Crippen molar-refractivity contribution >= 4 is 33.3 Å². The Kier molecular flexibility index (Phi) is 5.64. The van der Waals surface area contributed by atoms with Crippen LogP contribution >= 0.6 is 11.3 Å². The maximum Gasteiger partial charge on any atom is 0.138 e. The first-order valence-electron chi connectivity index (χ1n) is 12.5. The van der Waals surface area contributed by atoms with Crippen LogP contribution in [-0.4, -0.2) is 61.3 Å². The molecule has 37 heavy (non-hydrogen) atoms. The number of thiophene rings is 1. The number of rotatable bonds is 7. The summed E-state index contributed by atoms with van der Waals surface area (Å²) in [5.41, 5.74) is 8.31. The Morgan fingerprint density at radius 1 is 0.946 bits per heavy atom. The molecule has 9 heteroatoms. The third kappa shape index (κ3) is 4.26. The van der Waals surface area contributed by atoms with Crippen LogP contribution in [0.4, 0.5) is 0 Å². The van der Waals surface area contributed by atoms with E-state index in [4.69, 9.17) is 9.72 Å². The molecule has 8 nitrogen and oxygen atoms in total. The van der Waals surface area contributed by atoms with Gasteiger partial charge in [-0.05, 0) is 72.6 Å². The fourth-order valence-corrected chi connectivity index (χ4v) is 5.67. The van der Waals surface area contributed by atoms with Gasteiger partial charge in [-0.25, -0.2) is 4.98 Å². The van der Waals surface area contributed by atoms with Crippen molar-refractivity contribution in [2.24, 2.45) is 0 Å². The van der Waals surface area contributed by atoms with Gasteiger partial charge >= 0.3 is 0 Å². The minimum absolute atomic E-state index is 0.659. The zero-order chi connectivity index (χ0) is 24.6. The molecule has 0 aromatic carbocycles. The van der Waals surface area contributed by atoms with Crippen molar-refractivity contribution in [3.8, 4) is 39.5 Å². The number of nitrogens with zero attached hydrogens (tertiary/aromatic N) is 5. The minimum atomic E-state index is 0.659. The molecule has 0 atom stereocenters. The summed E-state index contributed by atoms with van der Waals surface area (Å²) >= 11 is 1.68. The standard InChI is InChI=1S/C28H25N7OS/c1-2-7-35(6-1)8-9-36-20-11-19(13-29-14-20)23-3-4-24-27(32-23)28(34-33-24)25-12-21-22(18-5-10-37-17-18)15-30-16-26(21)31-25/h3-5,10-17,31H,1-2,6-9H2,(H,33,34). The quantitative estimate of drug-likeness (QED) is 0.285. The molecule has 2 N–H and O–H groups in total. The lowest BCUT2D eigenvalue weighted by atomic mass is 10.1. The second kappa shape index (κ2) is 9.42. The Balaban J connectivity index is 1.20. The van der Waals surface area contributed by atoms with Gasteiger partial charge in [0.05, 0.1) is 34.8 Å².